The Morgan fingerprint density at radius 1 is 0.706 bits per heavy atom. The topological polar surface area (TPSA) is 3.24 Å². The third-order valence-corrected chi connectivity index (χ3v) is 15.2. The van der Waals surface area contributed by atoms with Crippen molar-refractivity contribution in [2.75, 3.05) is 4.90 Å². The Bertz CT molecular complexity index is 2470. The minimum absolute atomic E-state index is 0.0315. The van der Waals surface area contributed by atoms with Crippen LogP contribution in [0.25, 0.3) is 20.2 Å². The van der Waals surface area contributed by atoms with Crippen molar-refractivity contribution in [2.45, 2.75) is 110 Å². The lowest BCUT2D eigenvalue weighted by molar-refractivity contribution is 0.0925. The van der Waals surface area contributed by atoms with Crippen LogP contribution in [-0.4, -0.2) is 6.71 Å². The van der Waals surface area contributed by atoms with E-state index in [2.05, 4.69) is 152 Å². The Balaban J connectivity index is 1.36. The summed E-state index contributed by atoms with van der Waals surface area (Å²) in [6.45, 7) is 22.2. The number of nitrogens with zero attached hydrogens (tertiary/aromatic N) is 1. The molecular weight excluding hydrogens is 633 g/mol. The fraction of sp³-hybridized carbons (Fsp3) is 0.375. The van der Waals surface area contributed by atoms with Gasteiger partial charge < -0.3 is 4.90 Å². The van der Waals surface area contributed by atoms with Crippen molar-refractivity contribution < 1.29 is 0 Å². The van der Waals surface area contributed by atoms with Crippen LogP contribution in [0.2, 0.25) is 0 Å². The average Bonchev–Trinajstić information content (AvgIpc) is 3.56. The molecule has 1 nitrogen and oxygen atoms in total. The molecule has 5 aromatic carbocycles. The van der Waals surface area contributed by atoms with Gasteiger partial charge in [0.05, 0.1) is 5.69 Å². The van der Waals surface area contributed by atoms with Gasteiger partial charge in [-0.3, -0.25) is 0 Å². The van der Waals surface area contributed by atoms with Crippen molar-refractivity contribution in [3.63, 3.8) is 0 Å². The number of hydrogen-bond acceptors (Lipinski definition) is 2. The normalized spacial score (nSPS) is 23.4. The Kier molecular flexibility index (Phi) is 6.37. The summed E-state index contributed by atoms with van der Waals surface area (Å²) in [6, 6.07) is 34.0. The van der Waals surface area contributed by atoms with Crippen LogP contribution in [0.4, 0.5) is 17.1 Å². The minimum atomic E-state index is 0.0315. The molecule has 0 saturated heterocycles. The van der Waals surface area contributed by atoms with E-state index >= 15 is 0 Å². The Morgan fingerprint density at radius 2 is 1.45 bits per heavy atom. The maximum Gasteiger partial charge on any atom is 0.247 e. The first kappa shape index (κ1) is 31.9. The highest BCUT2D eigenvalue weighted by molar-refractivity contribution is 7.26. The molecule has 4 aliphatic rings. The van der Waals surface area contributed by atoms with Gasteiger partial charge in [0.15, 0.2) is 0 Å². The molecule has 1 aromatic heterocycles. The number of anilines is 3. The van der Waals surface area contributed by atoms with Gasteiger partial charge in [0.25, 0.3) is 0 Å². The van der Waals surface area contributed by atoms with E-state index < -0.39 is 0 Å². The van der Waals surface area contributed by atoms with Crippen molar-refractivity contribution in [1.29, 1.82) is 0 Å². The van der Waals surface area contributed by atoms with Crippen molar-refractivity contribution in [1.82, 2.24) is 0 Å². The largest absolute Gasteiger partial charge is 0.311 e. The molecular formula is C48H50BNS. The summed E-state index contributed by atoms with van der Waals surface area (Å²) in [6.07, 6.45) is 5.22. The monoisotopic (exact) mass is 683 g/mol. The summed E-state index contributed by atoms with van der Waals surface area (Å²) in [7, 11) is 0. The summed E-state index contributed by atoms with van der Waals surface area (Å²) >= 11 is 1.92. The average molecular weight is 684 g/mol. The predicted molar refractivity (Wildman–Crippen MR) is 223 cm³/mol. The third-order valence-electron chi connectivity index (χ3n) is 14.0. The van der Waals surface area contributed by atoms with Crippen LogP contribution < -0.4 is 21.3 Å². The zero-order valence-corrected chi connectivity index (χ0v) is 32.7. The Labute approximate surface area is 309 Å². The van der Waals surface area contributed by atoms with E-state index in [0.717, 1.165) is 0 Å². The van der Waals surface area contributed by atoms with Crippen molar-refractivity contribution in [3.05, 3.63) is 118 Å². The predicted octanol–water partition coefficient (Wildman–Crippen LogP) is 11.6. The summed E-state index contributed by atoms with van der Waals surface area (Å²) in [5.41, 5.74) is 18.2. The molecule has 1 fully saturated rings. The van der Waals surface area contributed by atoms with E-state index in [4.69, 9.17) is 0 Å². The number of hydrogen-bond donors (Lipinski definition) is 0. The first-order valence-corrected chi connectivity index (χ1v) is 20.2. The molecule has 256 valence electrons. The molecule has 0 N–H and O–H groups in total. The molecule has 0 spiro atoms. The molecule has 2 aliphatic heterocycles. The molecule has 3 heterocycles. The smallest absolute Gasteiger partial charge is 0.247 e. The maximum atomic E-state index is 2.70. The Hall–Kier alpha value is -3.82. The number of benzene rings is 5. The highest BCUT2D eigenvalue weighted by Crippen LogP contribution is 2.67. The van der Waals surface area contributed by atoms with E-state index in [9.17, 15) is 0 Å². The van der Waals surface area contributed by atoms with Gasteiger partial charge in [0.1, 0.15) is 0 Å². The van der Waals surface area contributed by atoms with Gasteiger partial charge in [-0.15, -0.1) is 11.3 Å². The van der Waals surface area contributed by atoms with E-state index in [1.807, 2.05) is 11.3 Å². The van der Waals surface area contributed by atoms with Gasteiger partial charge in [-0.05, 0) is 116 Å². The number of aryl methyl sites for hydroxylation is 1. The van der Waals surface area contributed by atoms with Crippen LogP contribution in [-0.2, 0) is 16.2 Å². The van der Waals surface area contributed by atoms with Gasteiger partial charge >= 0.3 is 0 Å². The van der Waals surface area contributed by atoms with Crippen molar-refractivity contribution >= 4 is 71.7 Å². The maximum absolute atomic E-state index is 2.70. The quantitative estimate of drug-likeness (QED) is 0.156. The first-order valence-electron chi connectivity index (χ1n) is 19.4. The number of rotatable bonds is 1. The second-order valence-electron chi connectivity index (χ2n) is 19.0. The molecule has 3 heteroatoms. The molecule has 51 heavy (non-hydrogen) atoms. The van der Waals surface area contributed by atoms with Crippen LogP contribution in [0.1, 0.15) is 120 Å². The highest BCUT2D eigenvalue weighted by atomic mass is 32.1. The van der Waals surface area contributed by atoms with Crippen LogP contribution >= 0.6 is 11.3 Å². The molecule has 1 saturated carbocycles. The van der Waals surface area contributed by atoms with Crippen LogP contribution in [0.5, 0.6) is 0 Å². The van der Waals surface area contributed by atoms with Gasteiger partial charge in [0.2, 0.25) is 6.71 Å². The molecule has 3 unspecified atom stereocenters. The van der Waals surface area contributed by atoms with E-state index in [1.165, 1.54) is 85.1 Å². The van der Waals surface area contributed by atoms with Crippen LogP contribution in [0.3, 0.4) is 0 Å². The standard InChI is InChI=1S/C48H50BNS/c1-28-23-32-43-42-33(47(8)21-12-13-22-48(43,47)9)25-30(46(5,6)7)26-35(42)49-34-20-19-29(45(2,3)4)27-37(34)50(38(24-28)44(32)49)36-16-14-18-40-41(36)31-15-10-11-17-39(31)51-40/h10-11,14-20,23-27,43H,12-13,21-22H2,1-9H3. The van der Waals surface area contributed by atoms with E-state index in [0.29, 0.717) is 5.92 Å². The van der Waals surface area contributed by atoms with Crippen molar-refractivity contribution in [2.24, 2.45) is 5.41 Å². The molecule has 0 radical (unpaired) electrons. The fourth-order valence-corrected chi connectivity index (χ4v) is 12.3. The molecule has 0 bridgehead atoms. The summed E-state index contributed by atoms with van der Waals surface area (Å²) in [5, 5.41) is 2.73. The van der Waals surface area contributed by atoms with Crippen LogP contribution in [0, 0.1) is 12.3 Å². The zero-order chi connectivity index (χ0) is 35.4. The lowest BCUT2D eigenvalue weighted by Crippen LogP contribution is -2.62. The zero-order valence-electron chi connectivity index (χ0n) is 31.9. The molecule has 0 amide bonds. The van der Waals surface area contributed by atoms with Gasteiger partial charge in [0, 0.05) is 37.5 Å². The summed E-state index contributed by atoms with van der Waals surface area (Å²) in [5.74, 6) is 0.404. The van der Waals surface area contributed by atoms with Crippen LogP contribution in [0.15, 0.2) is 84.9 Å². The lowest BCUT2D eigenvalue weighted by Gasteiger charge is -2.51. The third kappa shape index (κ3) is 4.11. The van der Waals surface area contributed by atoms with E-state index in [1.54, 1.807) is 27.6 Å². The second kappa shape index (κ2) is 10.2. The SMILES string of the molecule is Cc1cc2c3c(c1)N(c1cccc4sc5ccccc5c14)c1cc(C(C)(C)C)ccc1B3c1cc(C(C)(C)C)cc3c1C2C1(C)CCCCC31C. The van der Waals surface area contributed by atoms with Crippen molar-refractivity contribution in [3.8, 4) is 0 Å². The Morgan fingerprint density at radius 3 is 2.24 bits per heavy atom. The lowest BCUT2D eigenvalue weighted by atomic mass is 9.30. The highest BCUT2D eigenvalue weighted by Gasteiger charge is 2.62. The number of fused-ring (bicyclic) bond motifs is 10. The molecule has 3 atom stereocenters. The first-order chi connectivity index (χ1) is 24.2. The van der Waals surface area contributed by atoms with Gasteiger partial charge in [-0.1, -0.05) is 128 Å². The summed E-state index contributed by atoms with van der Waals surface area (Å²) in [4.78, 5) is 2.70. The molecule has 6 aromatic rings. The van der Waals surface area contributed by atoms with Gasteiger partial charge in [-0.2, -0.15) is 0 Å². The number of thiophene rings is 1. The minimum Gasteiger partial charge on any atom is -0.311 e. The van der Waals surface area contributed by atoms with Gasteiger partial charge in [-0.25, -0.2) is 0 Å². The fourth-order valence-electron chi connectivity index (χ4n) is 11.2. The molecule has 10 rings (SSSR count). The molecule has 2 aliphatic carbocycles. The second-order valence-corrected chi connectivity index (χ2v) is 20.1. The van der Waals surface area contributed by atoms with E-state index in [-0.39, 0.29) is 28.4 Å². The summed E-state index contributed by atoms with van der Waals surface area (Å²) < 4.78 is 2.72.